The van der Waals surface area contributed by atoms with E-state index in [1.165, 1.54) is 17.1 Å². The summed E-state index contributed by atoms with van der Waals surface area (Å²) in [5.41, 5.74) is 1.96. The molecule has 6 nitrogen and oxygen atoms in total. The maximum atomic E-state index is 12.6. The number of anilines is 1. The Bertz CT molecular complexity index is 1160. The first-order chi connectivity index (χ1) is 14.7. The number of thioether (sulfide) groups is 1. The van der Waals surface area contributed by atoms with Crippen LogP contribution in [0.5, 0.6) is 0 Å². The molecule has 5 rings (SSSR count). The second-order valence-electron chi connectivity index (χ2n) is 7.39. The third kappa shape index (κ3) is 3.68. The molecule has 2 aromatic carbocycles. The molecule has 150 valence electrons. The van der Waals surface area contributed by atoms with Gasteiger partial charge >= 0.3 is 0 Å². The van der Waals surface area contributed by atoms with E-state index in [4.69, 9.17) is 0 Å². The normalized spacial score (nSPS) is 18.4. The van der Waals surface area contributed by atoms with Crippen molar-refractivity contribution in [2.75, 3.05) is 31.1 Å². The number of piperazine rings is 1. The van der Waals surface area contributed by atoms with Gasteiger partial charge in [-0.1, -0.05) is 42.5 Å². The molecule has 1 fully saturated rings. The van der Waals surface area contributed by atoms with Gasteiger partial charge in [-0.25, -0.2) is 0 Å². The van der Waals surface area contributed by atoms with Crippen LogP contribution in [0.1, 0.15) is 11.3 Å². The van der Waals surface area contributed by atoms with Gasteiger partial charge in [-0.05, 0) is 53.2 Å². The third-order valence-corrected chi connectivity index (χ3v) is 6.42. The highest BCUT2D eigenvalue weighted by Gasteiger charge is 2.29. The van der Waals surface area contributed by atoms with E-state index in [2.05, 4.69) is 43.2 Å². The van der Waals surface area contributed by atoms with E-state index < -0.39 is 0 Å². The Morgan fingerprint density at radius 3 is 2.47 bits per heavy atom. The van der Waals surface area contributed by atoms with Crippen LogP contribution in [0.15, 0.2) is 64.5 Å². The van der Waals surface area contributed by atoms with Crippen molar-refractivity contribution in [3.8, 4) is 0 Å². The summed E-state index contributed by atoms with van der Waals surface area (Å²) in [6.07, 6.45) is 1.96. The molecule has 7 heteroatoms. The lowest BCUT2D eigenvalue weighted by atomic mass is 10.0. The van der Waals surface area contributed by atoms with Gasteiger partial charge in [-0.15, -0.1) is 5.10 Å². The first kappa shape index (κ1) is 18.8. The maximum absolute atomic E-state index is 12.6. The summed E-state index contributed by atoms with van der Waals surface area (Å²) in [6.45, 7) is 5.19. The van der Waals surface area contributed by atoms with Crippen molar-refractivity contribution in [3.63, 3.8) is 0 Å². The number of rotatable bonds is 2. The van der Waals surface area contributed by atoms with Crippen LogP contribution in [0.25, 0.3) is 16.8 Å². The smallest absolute Gasteiger partial charge is 0.286 e. The van der Waals surface area contributed by atoms with Gasteiger partial charge in [0, 0.05) is 26.2 Å². The number of aryl methyl sites for hydroxylation is 1. The lowest BCUT2D eigenvalue weighted by Crippen LogP contribution is -2.48. The Hall–Kier alpha value is -3.19. The van der Waals surface area contributed by atoms with Gasteiger partial charge in [0.15, 0.2) is 11.0 Å². The summed E-state index contributed by atoms with van der Waals surface area (Å²) in [5.74, 6) is 0.739. The highest BCUT2D eigenvalue weighted by molar-refractivity contribution is 8.18. The first-order valence-corrected chi connectivity index (χ1v) is 10.8. The monoisotopic (exact) mass is 415 g/mol. The average Bonchev–Trinajstić information content (AvgIpc) is 3.15. The first-order valence-electron chi connectivity index (χ1n) is 9.98. The van der Waals surface area contributed by atoms with E-state index in [1.54, 1.807) is 0 Å². The number of amidine groups is 1. The Morgan fingerprint density at radius 1 is 0.900 bits per heavy atom. The number of hydrogen-bond donors (Lipinski definition) is 0. The molecule has 2 aliphatic rings. The maximum Gasteiger partial charge on any atom is 0.286 e. The molecule has 0 N–H and O–H groups in total. The molecule has 0 atom stereocenters. The second-order valence-corrected chi connectivity index (χ2v) is 8.39. The van der Waals surface area contributed by atoms with E-state index in [0.29, 0.717) is 4.91 Å². The topological polar surface area (TPSA) is 61.7 Å². The number of hydrogen-bond acceptors (Lipinski definition) is 6. The minimum atomic E-state index is -0.158. The fraction of sp³-hybridized carbons (Fsp3) is 0.217. The van der Waals surface area contributed by atoms with Crippen molar-refractivity contribution in [2.45, 2.75) is 6.92 Å². The van der Waals surface area contributed by atoms with Gasteiger partial charge in [-0.3, -0.25) is 4.79 Å². The van der Waals surface area contributed by atoms with Gasteiger partial charge in [0.1, 0.15) is 0 Å². The molecule has 0 spiro atoms. The van der Waals surface area contributed by atoms with Crippen molar-refractivity contribution in [1.82, 2.24) is 15.1 Å². The fourth-order valence-corrected chi connectivity index (χ4v) is 4.69. The van der Waals surface area contributed by atoms with Gasteiger partial charge in [0.05, 0.1) is 10.6 Å². The Kier molecular flexibility index (Phi) is 4.96. The van der Waals surface area contributed by atoms with Crippen LogP contribution in [-0.2, 0) is 4.79 Å². The summed E-state index contributed by atoms with van der Waals surface area (Å²) in [6, 6.07) is 18.4. The average molecular weight is 416 g/mol. The molecule has 0 saturated carbocycles. The quantitative estimate of drug-likeness (QED) is 0.595. The third-order valence-electron chi connectivity index (χ3n) is 5.38. The van der Waals surface area contributed by atoms with Gasteiger partial charge in [0.2, 0.25) is 0 Å². The zero-order valence-electron chi connectivity index (χ0n) is 16.7. The number of aliphatic imine (C=N–C) groups is 1. The predicted molar refractivity (Wildman–Crippen MR) is 123 cm³/mol. The summed E-state index contributed by atoms with van der Waals surface area (Å²) >= 11 is 1.47. The largest absolute Gasteiger partial charge is 0.352 e. The van der Waals surface area contributed by atoms with Crippen molar-refractivity contribution in [1.29, 1.82) is 0 Å². The number of carbonyl (C=O) groups excluding carboxylic acids is 1. The molecule has 3 heterocycles. The van der Waals surface area contributed by atoms with E-state index in [9.17, 15) is 4.79 Å². The second kappa shape index (κ2) is 7.91. The van der Waals surface area contributed by atoms with Crippen LogP contribution < -0.4 is 4.90 Å². The molecule has 30 heavy (non-hydrogen) atoms. The molecule has 0 aliphatic carbocycles. The highest BCUT2D eigenvalue weighted by atomic mass is 32.2. The number of benzene rings is 2. The van der Waals surface area contributed by atoms with E-state index in [0.717, 1.165) is 53.8 Å². The van der Waals surface area contributed by atoms with Crippen molar-refractivity contribution >= 4 is 45.5 Å². The molecule has 3 aromatic rings. The van der Waals surface area contributed by atoms with Crippen LogP contribution in [-0.4, -0.2) is 52.4 Å². The fourth-order valence-electron chi connectivity index (χ4n) is 3.74. The van der Waals surface area contributed by atoms with Gasteiger partial charge in [-0.2, -0.15) is 10.1 Å². The van der Waals surface area contributed by atoms with Crippen LogP contribution in [0, 0.1) is 6.92 Å². The summed E-state index contributed by atoms with van der Waals surface area (Å²) in [5, 5.41) is 11.5. The van der Waals surface area contributed by atoms with Crippen molar-refractivity contribution < 1.29 is 4.79 Å². The molecule has 1 aromatic heterocycles. The van der Waals surface area contributed by atoms with E-state index in [1.807, 2.05) is 49.4 Å². The summed E-state index contributed by atoms with van der Waals surface area (Å²) in [4.78, 5) is 22.0. The minimum absolute atomic E-state index is 0.158. The highest BCUT2D eigenvalue weighted by Crippen LogP contribution is 2.32. The Balaban J connectivity index is 1.29. The lowest BCUT2D eigenvalue weighted by Gasteiger charge is -2.35. The zero-order valence-corrected chi connectivity index (χ0v) is 17.5. The number of aromatic nitrogens is 2. The molecule has 2 aliphatic heterocycles. The molecule has 0 radical (unpaired) electrons. The number of amides is 1. The summed E-state index contributed by atoms with van der Waals surface area (Å²) in [7, 11) is 0. The van der Waals surface area contributed by atoms with Crippen LogP contribution in [0.3, 0.4) is 0 Å². The number of nitrogens with zero attached hydrogens (tertiary/aromatic N) is 5. The Labute approximate surface area is 179 Å². The Morgan fingerprint density at radius 2 is 1.67 bits per heavy atom. The zero-order chi connectivity index (χ0) is 20.5. The molecule has 1 amide bonds. The van der Waals surface area contributed by atoms with E-state index in [-0.39, 0.29) is 5.91 Å². The lowest BCUT2D eigenvalue weighted by molar-refractivity contribution is -0.113. The molecular formula is C23H21N5OS. The van der Waals surface area contributed by atoms with E-state index >= 15 is 0 Å². The summed E-state index contributed by atoms with van der Waals surface area (Å²) < 4.78 is 0. The van der Waals surface area contributed by atoms with Gasteiger partial charge < -0.3 is 9.80 Å². The van der Waals surface area contributed by atoms with Crippen molar-refractivity contribution in [2.24, 2.45) is 4.99 Å². The molecule has 0 unspecified atom stereocenters. The van der Waals surface area contributed by atoms with Crippen molar-refractivity contribution in [3.05, 3.63) is 70.8 Å². The SMILES string of the molecule is Cc1ccc(N2CCN(C3=NC(=O)C(=Cc4cccc5ccccc45)S3)CC2)nn1. The minimum Gasteiger partial charge on any atom is -0.352 e. The van der Waals surface area contributed by atoms with Crippen LogP contribution in [0.4, 0.5) is 5.82 Å². The van der Waals surface area contributed by atoms with Crippen LogP contribution >= 0.6 is 11.8 Å². The standard InChI is InChI=1S/C23H21N5OS/c1-16-9-10-21(26-25-16)27-11-13-28(14-12-27)23-24-22(29)20(30-23)15-18-7-4-6-17-5-2-3-8-19(17)18/h2-10,15H,11-14H2,1H3. The number of fused-ring (bicyclic) bond motifs is 1. The molecular weight excluding hydrogens is 394 g/mol. The number of carbonyl (C=O) groups is 1. The predicted octanol–water partition coefficient (Wildman–Crippen LogP) is 3.73. The van der Waals surface area contributed by atoms with Gasteiger partial charge in [0.25, 0.3) is 5.91 Å². The van der Waals surface area contributed by atoms with Crippen LogP contribution in [0.2, 0.25) is 0 Å². The molecule has 0 bridgehead atoms. The molecule has 1 saturated heterocycles.